The molecule has 4 heterocycles. The van der Waals surface area contributed by atoms with Crippen molar-refractivity contribution in [1.82, 2.24) is 19.7 Å². The number of nitrogens with zero attached hydrogens (tertiary/aromatic N) is 4. The number of unbranched alkanes of at least 4 members (excludes halogenated alkanes) is 2. The van der Waals surface area contributed by atoms with E-state index in [1.807, 2.05) is 12.4 Å². The molecule has 3 fully saturated rings. The normalized spacial score (nSPS) is 21.3. The van der Waals surface area contributed by atoms with Gasteiger partial charge in [0.1, 0.15) is 0 Å². The van der Waals surface area contributed by atoms with Crippen LogP contribution in [0.15, 0.2) is 24.5 Å². The zero-order valence-corrected chi connectivity index (χ0v) is 26.1. The van der Waals surface area contributed by atoms with Crippen LogP contribution in [-0.2, 0) is 11.2 Å². The molecular weight excluding hydrogens is 492 g/mol. The molecule has 5 heteroatoms. The van der Waals surface area contributed by atoms with Crippen molar-refractivity contribution >= 4 is 0 Å². The van der Waals surface area contributed by atoms with Crippen molar-refractivity contribution in [2.45, 2.75) is 103 Å². The van der Waals surface area contributed by atoms with E-state index in [2.05, 4.69) is 38.9 Å². The lowest BCUT2D eigenvalue weighted by molar-refractivity contribution is 0.113. The molecule has 0 radical (unpaired) electrons. The van der Waals surface area contributed by atoms with E-state index in [4.69, 9.17) is 4.74 Å². The lowest BCUT2D eigenvalue weighted by Gasteiger charge is -2.33. The maximum Gasteiger partial charge on any atom is 0.0466 e. The number of aromatic nitrogens is 1. The van der Waals surface area contributed by atoms with Crippen LogP contribution >= 0.6 is 0 Å². The fourth-order valence-electron chi connectivity index (χ4n) is 7.37. The molecule has 3 aliphatic rings. The SMILES string of the molecule is CN1CCC(CCCC2CCN(CCCCOCCCCN3CCC(CCCc4ccncc4)CC3)CC2)CC1. The van der Waals surface area contributed by atoms with Gasteiger partial charge in [-0.05, 0) is 172 Å². The first-order valence-electron chi connectivity index (χ1n) is 17.3. The van der Waals surface area contributed by atoms with Crippen molar-refractivity contribution in [3.63, 3.8) is 0 Å². The predicted octanol–water partition coefficient (Wildman–Crippen LogP) is 6.92. The van der Waals surface area contributed by atoms with Gasteiger partial charge in [-0.25, -0.2) is 0 Å². The predicted molar refractivity (Wildman–Crippen MR) is 169 cm³/mol. The molecule has 0 bridgehead atoms. The molecule has 5 nitrogen and oxygen atoms in total. The second kappa shape index (κ2) is 19.2. The maximum atomic E-state index is 5.98. The highest BCUT2D eigenvalue weighted by molar-refractivity contribution is 5.09. The Balaban J connectivity index is 0.884. The molecule has 0 aliphatic carbocycles. The van der Waals surface area contributed by atoms with Crippen molar-refractivity contribution in [2.24, 2.45) is 17.8 Å². The number of piperidine rings is 3. The van der Waals surface area contributed by atoms with Gasteiger partial charge in [0.05, 0.1) is 0 Å². The summed E-state index contributed by atoms with van der Waals surface area (Å²) in [5, 5.41) is 0. The topological polar surface area (TPSA) is 31.8 Å². The van der Waals surface area contributed by atoms with E-state index < -0.39 is 0 Å². The van der Waals surface area contributed by atoms with Crippen LogP contribution in [0.2, 0.25) is 0 Å². The molecule has 3 saturated heterocycles. The molecule has 0 unspecified atom stereocenters. The minimum atomic E-state index is 0.937. The van der Waals surface area contributed by atoms with Crippen molar-refractivity contribution in [3.05, 3.63) is 30.1 Å². The summed E-state index contributed by atoms with van der Waals surface area (Å²) in [7, 11) is 2.27. The maximum absolute atomic E-state index is 5.98. The minimum Gasteiger partial charge on any atom is -0.381 e. The summed E-state index contributed by atoms with van der Waals surface area (Å²) >= 11 is 0. The molecule has 4 rings (SSSR count). The molecule has 40 heavy (non-hydrogen) atoms. The molecule has 228 valence electrons. The average Bonchev–Trinajstić information content (AvgIpc) is 2.99. The monoisotopic (exact) mass is 554 g/mol. The largest absolute Gasteiger partial charge is 0.381 e. The summed E-state index contributed by atoms with van der Waals surface area (Å²) in [4.78, 5) is 12.0. The number of ether oxygens (including phenoxy) is 1. The van der Waals surface area contributed by atoms with Crippen molar-refractivity contribution in [2.75, 3.05) is 72.6 Å². The highest BCUT2D eigenvalue weighted by Gasteiger charge is 2.21. The summed E-state index contributed by atoms with van der Waals surface area (Å²) in [5.41, 5.74) is 1.44. The van der Waals surface area contributed by atoms with E-state index in [1.54, 1.807) is 0 Å². The van der Waals surface area contributed by atoms with E-state index in [1.165, 1.54) is 161 Å². The van der Waals surface area contributed by atoms with Gasteiger partial charge in [-0.1, -0.05) is 25.7 Å². The first-order chi connectivity index (χ1) is 19.7. The summed E-state index contributed by atoms with van der Waals surface area (Å²) in [5.74, 6) is 2.95. The molecule has 0 spiro atoms. The van der Waals surface area contributed by atoms with Gasteiger partial charge in [-0.15, -0.1) is 0 Å². The van der Waals surface area contributed by atoms with Gasteiger partial charge in [0.25, 0.3) is 0 Å². The summed E-state index contributed by atoms with van der Waals surface area (Å²) < 4.78 is 5.98. The van der Waals surface area contributed by atoms with Gasteiger partial charge in [0, 0.05) is 25.6 Å². The van der Waals surface area contributed by atoms with Gasteiger partial charge < -0.3 is 19.4 Å². The van der Waals surface area contributed by atoms with E-state index >= 15 is 0 Å². The summed E-state index contributed by atoms with van der Waals surface area (Å²) in [6, 6.07) is 4.32. The standard InChI is InChI=1S/C35H62N4O/c1-37-24-14-33(15-25-37)9-7-11-35-18-28-39(29-19-35)23-3-5-31-40-30-4-2-22-38-26-16-34(17-27-38)10-6-8-32-12-20-36-21-13-32/h12-13,20-21,33-35H,2-11,14-19,22-31H2,1H3. The van der Waals surface area contributed by atoms with E-state index in [0.717, 1.165) is 31.0 Å². The van der Waals surface area contributed by atoms with E-state index in [9.17, 15) is 0 Å². The third-order valence-electron chi connectivity index (χ3n) is 10.3. The molecule has 0 saturated carbocycles. The Morgan fingerprint density at radius 1 is 0.625 bits per heavy atom. The molecule has 0 amide bonds. The second-order valence-electron chi connectivity index (χ2n) is 13.5. The quantitative estimate of drug-likeness (QED) is 0.184. The highest BCUT2D eigenvalue weighted by atomic mass is 16.5. The van der Waals surface area contributed by atoms with Crippen LogP contribution in [0.5, 0.6) is 0 Å². The van der Waals surface area contributed by atoms with E-state index in [0.29, 0.717) is 0 Å². The van der Waals surface area contributed by atoms with Gasteiger partial charge in [0.15, 0.2) is 0 Å². The van der Waals surface area contributed by atoms with Crippen molar-refractivity contribution < 1.29 is 4.74 Å². The zero-order chi connectivity index (χ0) is 27.7. The zero-order valence-electron chi connectivity index (χ0n) is 26.1. The average molecular weight is 555 g/mol. The third-order valence-corrected chi connectivity index (χ3v) is 10.3. The molecule has 3 aliphatic heterocycles. The van der Waals surface area contributed by atoms with Crippen LogP contribution < -0.4 is 0 Å². The smallest absolute Gasteiger partial charge is 0.0466 e. The lowest BCUT2D eigenvalue weighted by atomic mass is 9.87. The number of likely N-dealkylation sites (tertiary alicyclic amines) is 3. The Morgan fingerprint density at radius 3 is 1.62 bits per heavy atom. The Hall–Kier alpha value is -1.01. The van der Waals surface area contributed by atoms with Crippen LogP contribution in [0.4, 0.5) is 0 Å². The van der Waals surface area contributed by atoms with Crippen LogP contribution in [0.1, 0.15) is 102 Å². The van der Waals surface area contributed by atoms with E-state index in [-0.39, 0.29) is 0 Å². The number of hydrogen-bond donors (Lipinski definition) is 0. The molecular formula is C35H62N4O. The Kier molecular flexibility index (Phi) is 15.3. The molecule has 0 atom stereocenters. The van der Waals surface area contributed by atoms with Gasteiger partial charge in [0.2, 0.25) is 0 Å². The summed E-state index contributed by atoms with van der Waals surface area (Å²) in [6.45, 7) is 12.4. The second-order valence-corrected chi connectivity index (χ2v) is 13.5. The van der Waals surface area contributed by atoms with Gasteiger partial charge >= 0.3 is 0 Å². The van der Waals surface area contributed by atoms with Crippen LogP contribution in [-0.4, -0.2) is 92.3 Å². The number of pyridine rings is 1. The van der Waals surface area contributed by atoms with Crippen molar-refractivity contribution in [3.8, 4) is 0 Å². The minimum absolute atomic E-state index is 0.937. The third kappa shape index (κ3) is 12.9. The van der Waals surface area contributed by atoms with Crippen molar-refractivity contribution in [1.29, 1.82) is 0 Å². The van der Waals surface area contributed by atoms with Crippen LogP contribution in [0, 0.1) is 17.8 Å². The van der Waals surface area contributed by atoms with Gasteiger partial charge in [-0.2, -0.15) is 0 Å². The lowest BCUT2D eigenvalue weighted by Crippen LogP contribution is -2.34. The molecule has 0 N–H and O–H groups in total. The number of aryl methyl sites for hydroxylation is 1. The van der Waals surface area contributed by atoms with Gasteiger partial charge in [-0.3, -0.25) is 4.98 Å². The first kappa shape index (κ1) is 31.9. The van der Waals surface area contributed by atoms with Crippen LogP contribution in [0.25, 0.3) is 0 Å². The summed E-state index contributed by atoms with van der Waals surface area (Å²) in [6.07, 6.45) is 25.8. The van der Waals surface area contributed by atoms with Crippen LogP contribution in [0.3, 0.4) is 0 Å². The molecule has 1 aromatic heterocycles. The fourth-order valence-corrected chi connectivity index (χ4v) is 7.37. The Labute approximate surface area is 247 Å². The molecule has 1 aromatic rings. The number of hydrogen-bond acceptors (Lipinski definition) is 5. The Bertz CT molecular complexity index is 737. The number of rotatable bonds is 18. The fraction of sp³-hybridized carbons (Fsp3) is 0.857. The first-order valence-corrected chi connectivity index (χ1v) is 17.3. The highest BCUT2D eigenvalue weighted by Crippen LogP contribution is 2.27. The molecule has 0 aromatic carbocycles. The Morgan fingerprint density at radius 2 is 1.10 bits per heavy atom.